The first-order valence-corrected chi connectivity index (χ1v) is 12.0. The quantitative estimate of drug-likeness (QED) is 0.464. The smallest absolute Gasteiger partial charge is 0.218 e. The number of anilines is 2. The second-order valence-electron chi connectivity index (χ2n) is 9.65. The molecule has 2 fully saturated rings. The number of pyridine rings is 1. The second kappa shape index (κ2) is 9.44. The third kappa shape index (κ3) is 4.50. The van der Waals surface area contributed by atoms with E-state index in [0.717, 1.165) is 32.0 Å². The van der Waals surface area contributed by atoms with Crippen molar-refractivity contribution in [2.24, 2.45) is 5.41 Å². The lowest BCUT2D eigenvalue weighted by Crippen LogP contribution is -2.71. The maximum Gasteiger partial charge on any atom is 0.218 e. The van der Waals surface area contributed by atoms with Crippen LogP contribution in [-0.4, -0.2) is 61.7 Å². The Balaban J connectivity index is 1.46. The lowest BCUT2D eigenvalue weighted by Gasteiger charge is -2.56. The van der Waals surface area contributed by atoms with Gasteiger partial charge < -0.3 is 20.2 Å². The van der Waals surface area contributed by atoms with Gasteiger partial charge in [0.1, 0.15) is 17.4 Å². The summed E-state index contributed by atoms with van der Waals surface area (Å²) in [6.07, 6.45) is 5.64. The van der Waals surface area contributed by atoms with Gasteiger partial charge in [-0.2, -0.15) is 0 Å². The fourth-order valence-electron chi connectivity index (χ4n) is 4.69. The molecule has 0 atom stereocenters. The predicted molar refractivity (Wildman–Crippen MR) is 141 cm³/mol. The number of hydrogen-bond donors (Lipinski definition) is 2. The topological polar surface area (TPSA) is 71.9 Å². The van der Waals surface area contributed by atoms with Crippen molar-refractivity contribution in [3.05, 3.63) is 71.9 Å². The Morgan fingerprint density at radius 2 is 1.78 bits per heavy atom. The fourth-order valence-corrected chi connectivity index (χ4v) is 4.97. The van der Waals surface area contributed by atoms with Crippen molar-refractivity contribution in [3.63, 3.8) is 0 Å². The summed E-state index contributed by atoms with van der Waals surface area (Å²) in [6, 6.07) is 11.2. The number of phenols is 1. The van der Waals surface area contributed by atoms with Crippen molar-refractivity contribution in [2.75, 3.05) is 50.1 Å². The third-order valence-corrected chi connectivity index (χ3v) is 6.99. The van der Waals surface area contributed by atoms with E-state index in [1.807, 2.05) is 20.2 Å². The standard InChI is InChI=1S/C27H27ClFN5O2/c1-32(2)7-8-33(17-35)24-4-3-18(9-23(24)28)21-11-20(29)12-22(26(21)36)19-5-6-31-25(10-19)34-15-27(16-34)13-30-14-27/h3-12,17,30,36H,13-16H2,1-2H3/b8-7-. The molecule has 2 N–H and O–H groups in total. The number of benzene rings is 2. The van der Waals surface area contributed by atoms with Gasteiger partial charge >= 0.3 is 0 Å². The lowest BCUT2D eigenvalue weighted by atomic mass is 9.74. The van der Waals surface area contributed by atoms with Crippen molar-refractivity contribution in [3.8, 4) is 28.0 Å². The van der Waals surface area contributed by atoms with E-state index in [0.29, 0.717) is 39.8 Å². The van der Waals surface area contributed by atoms with Gasteiger partial charge in [-0.3, -0.25) is 9.69 Å². The van der Waals surface area contributed by atoms with E-state index < -0.39 is 5.82 Å². The molecule has 2 aromatic carbocycles. The number of rotatable bonds is 7. The lowest BCUT2D eigenvalue weighted by molar-refractivity contribution is -0.106. The van der Waals surface area contributed by atoms with Gasteiger partial charge in [-0.25, -0.2) is 9.37 Å². The minimum absolute atomic E-state index is 0.0552. The van der Waals surface area contributed by atoms with Crippen LogP contribution in [0.5, 0.6) is 5.75 Å². The Bertz CT molecular complexity index is 1330. The number of halogens is 2. The van der Waals surface area contributed by atoms with E-state index in [2.05, 4.69) is 15.2 Å². The molecule has 0 bridgehead atoms. The molecule has 0 aliphatic carbocycles. The fraction of sp³-hybridized carbons (Fsp3) is 0.259. The van der Waals surface area contributed by atoms with Crippen LogP contribution in [0, 0.1) is 11.2 Å². The van der Waals surface area contributed by atoms with Crippen LogP contribution in [0.1, 0.15) is 0 Å². The highest BCUT2D eigenvalue weighted by atomic mass is 35.5. The normalized spacial score (nSPS) is 16.1. The molecular weight excluding hydrogens is 481 g/mol. The van der Waals surface area contributed by atoms with Gasteiger partial charge in [0.05, 0.1) is 10.7 Å². The summed E-state index contributed by atoms with van der Waals surface area (Å²) in [5, 5.41) is 14.8. The molecule has 36 heavy (non-hydrogen) atoms. The molecule has 0 radical (unpaired) electrons. The Kier molecular flexibility index (Phi) is 6.32. The molecule has 0 saturated carbocycles. The molecule has 3 heterocycles. The number of amides is 1. The zero-order chi connectivity index (χ0) is 25.4. The van der Waals surface area contributed by atoms with Gasteiger partial charge in [0, 0.05) is 75.4 Å². The Labute approximate surface area is 214 Å². The van der Waals surface area contributed by atoms with E-state index in [-0.39, 0.29) is 10.8 Å². The minimum Gasteiger partial charge on any atom is -0.507 e. The van der Waals surface area contributed by atoms with Crippen LogP contribution < -0.4 is 15.1 Å². The summed E-state index contributed by atoms with van der Waals surface area (Å²) >= 11 is 6.49. The van der Waals surface area contributed by atoms with E-state index in [4.69, 9.17) is 11.6 Å². The molecule has 2 aliphatic heterocycles. The third-order valence-electron chi connectivity index (χ3n) is 6.68. The van der Waals surface area contributed by atoms with Gasteiger partial charge in [-0.05, 0) is 47.5 Å². The first kappa shape index (κ1) is 24.1. The number of nitrogens with zero attached hydrogens (tertiary/aromatic N) is 4. The van der Waals surface area contributed by atoms with E-state index >= 15 is 0 Å². The summed E-state index contributed by atoms with van der Waals surface area (Å²) < 4.78 is 14.8. The zero-order valence-corrected chi connectivity index (χ0v) is 20.8. The number of nitrogens with one attached hydrogen (secondary N) is 1. The van der Waals surface area contributed by atoms with Crippen LogP contribution in [-0.2, 0) is 4.79 Å². The number of carbonyl (C=O) groups is 1. The number of aromatic nitrogens is 1. The molecule has 1 aromatic heterocycles. The molecule has 9 heteroatoms. The molecule has 2 saturated heterocycles. The summed E-state index contributed by atoms with van der Waals surface area (Å²) in [5.41, 5.74) is 2.70. The van der Waals surface area contributed by atoms with Crippen molar-refractivity contribution in [2.45, 2.75) is 0 Å². The van der Waals surface area contributed by atoms with Gasteiger partial charge in [-0.15, -0.1) is 0 Å². The molecule has 7 nitrogen and oxygen atoms in total. The monoisotopic (exact) mass is 507 g/mol. The Morgan fingerprint density at radius 3 is 2.36 bits per heavy atom. The Hall–Kier alpha value is -3.62. The average Bonchev–Trinajstić information content (AvgIpc) is 2.80. The van der Waals surface area contributed by atoms with Gasteiger partial charge in [0.25, 0.3) is 0 Å². The largest absolute Gasteiger partial charge is 0.507 e. The van der Waals surface area contributed by atoms with Crippen molar-refractivity contribution < 1.29 is 14.3 Å². The molecule has 5 rings (SSSR count). The van der Waals surface area contributed by atoms with Crippen LogP contribution in [0.4, 0.5) is 15.9 Å². The number of aromatic hydroxyl groups is 1. The molecule has 1 amide bonds. The van der Waals surface area contributed by atoms with E-state index in [1.54, 1.807) is 47.8 Å². The summed E-state index contributed by atoms with van der Waals surface area (Å²) in [6.45, 7) is 3.91. The zero-order valence-electron chi connectivity index (χ0n) is 20.1. The predicted octanol–water partition coefficient (Wildman–Crippen LogP) is 4.32. The molecule has 3 aromatic rings. The van der Waals surface area contributed by atoms with Gasteiger partial charge in [0.15, 0.2) is 0 Å². The first-order chi connectivity index (χ1) is 17.3. The SMILES string of the molecule is CN(C)/C=C\N(C=O)c1ccc(-c2cc(F)cc(-c3ccnc(N4CC5(CNC5)C4)c3)c2O)cc1Cl. The molecule has 1 spiro atoms. The Morgan fingerprint density at radius 1 is 1.08 bits per heavy atom. The minimum atomic E-state index is -0.483. The first-order valence-electron chi connectivity index (χ1n) is 11.6. The van der Waals surface area contributed by atoms with Gasteiger partial charge in [0.2, 0.25) is 6.41 Å². The molecule has 186 valence electrons. The van der Waals surface area contributed by atoms with Crippen molar-refractivity contribution in [1.82, 2.24) is 15.2 Å². The van der Waals surface area contributed by atoms with E-state index in [9.17, 15) is 14.3 Å². The maximum absolute atomic E-state index is 14.8. The van der Waals surface area contributed by atoms with Crippen LogP contribution >= 0.6 is 11.6 Å². The highest BCUT2D eigenvalue weighted by Crippen LogP contribution is 2.42. The highest BCUT2D eigenvalue weighted by Gasteiger charge is 2.47. The second-order valence-corrected chi connectivity index (χ2v) is 10.1. The molecule has 0 unspecified atom stereocenters. The highest BCUT2D eigenvalue weighted by molar-refractivity contribution is 6.34. The molecule has 2 aliphatic rings. The summed E-state index contributed by atoms with van der Waals surface area (Å²) in [5.74, 6) is 0.269. The summed E-state index contributed by atoms with van der Waals surface area (Å²) in [7, 11) is 3.68. The number of phenolic OH excluding ortho intramolecular Hbond substituents is 1. The number of carbonyl (C=O) groups excluding carboxylic acids is 1. The van der Waals surface area contributed by atoms with Crippen molar-refractivity contribution >= 4 is 29.5 Å². The maximum atomic E-state index is 14.8. The number of hydrogen-bond acceptors (Lipinski definition) is 6. The summed E-state index contributed by atoms with van der Waals surface area (Å²) in [4.78, 5) is 21.4. The van der Waals surface area contributed by atoms with E-state index in [1.165, 1.54) is 17.0 Å². The van der Waals surface area contributed by atoms with Gasteiger partial charge in [-0.1, -0.05) is 17.7 Å². The van der Waals surface area contributed by atoms with Crippen LogP contribution in [0.25, 0.3) is 22.3 Å². The van der Waals surface area contributed by atoms with Crippen LogP contribution in [0.2, 0.25) is 5.02 Å². The van der Waals surface area contributed by atoms with Crippen LogP contribution in [0.15, 0.2) is 61.1 Å². The average molecular weight is 508 g/mol. The van der Waals surface area contributed by atoms with Crippen molar-refractivity contribution in [1.29, 1.82) is 0 Å². The molecular formula is C27H27ClFN5O2. The van der Waals surface area contributed by atoms with Crippen LogP contribution in [0.3, 0.4) is 0 Å².